The van der Waals surface area contributed by atoms with Gasteiger partial charge in [0, 0.05) is 24.9 Å². The Morgan fingerprint density at radius 1 is 1.29 bits per heavy atom. The van der Waals surface area contributed by atoms with Gasteiger partial charge in [-0.15, -0.1) is 0 Å². The van der Waals surface area contributed by atoms with Gasteiger partial charge in [0.25, 0.3) is 0 Å². The van der Waals surface area contributed by atoms with Crippen molar-refractivity contribution in [3.63, 3.8) is 0 Å². The van der Waals surface area contributed by atoms with E-state index in [0.717, 1.165) is 31.6 Å². The predicted octanol–water partition coefficient (Wildman–Crippen LogP) is 2.25. The SMILES string of the molecule is CC(C)N(CCCCO)Cc1cccc(N)c1. The van der Waals surface area contributed by atoms with Crippen molar-refractivity contribution in [1.29, 1.82) is 0 Å². The first-order valence-electron chi connectivity index (χ1n) is 6.33. The molecule has 1 aromatic rings. The summed E-state index contributed by atoms with van der Waals surface area (Å²) < 4.78 is 0. The highest BCUT2D eigenvalue weighted by molar-refractivity contribution is 5.40. The topological polar surface area (TPSA) is 49.5 Å². The zero-order chi connectivity index (χ0) is 12.7. The molecule has 3 nitrogen and oxygen atoms in total. The van der Waals surface area contributed by atoms with Crippen LogP contribution in [-0.2, 0) is 6.54 Å². The van der Waals surface area contributed by atoms with Gasteiger partial charge in [0.2, 0.25) is 0 Å². The Hall–Kier alpha value is -1.06. The van der Waals surface area contributed by atoms with Gasteiger partial charge in [-0.05, 0) is 50.9 Å². The van der Waals surface area contributed by atoms with Gasteiger partial charge < -0.3 is 10.8 Å². The van der Waals surface area contributed by atoms with Crippen molar-refractivity contribution in [2.24, 2.45) is 0 Å². The van der Waals surface area contributed by atoms with Gasteiger partial charge >= 0.3 is 0 Å². The Balaban J connectivity index is 2.54. The molecular formula is C14H24N2O. The Morgan fingerprint density at radius 3 is 2.65 bits per heavy atom. The maximum Gasteiger partial charge on any atom is 0.0431 e. The Bertz CT molecular complexity index is 326. The molecule has 0 fully saturated rings. The minimum atomic E-state index is 0.282. The summed E-state index contributed by atoms with van der Waals surface area (Å²) in [6.07, 6.45) is 1.91. The highest BCUT2D eigenvalue weighted by Crippen LogP contribution is 2.12. The molecular weight excluding hydrogens is 212 g/mol. The number of unbranched alkanes of at least 4 members (excludes halogenated alkanes) is 1. The fourth-order valence-electron chi connectivity index (χ4n) is 1.87. The van der Waals surface area contributed by atoms with E-state index in [2.05, 4.69) is 24.8 Å². The molecule has 0 aliphatic rings. The standard InChI is InChI=1S/C14H24N2O/c1-12(2)16(8-3-4-9-17)11-13-6-5-7-14(15)10-13/h5-7,10,12,17H,3-4,8-9,11,15H2,1-2H3. The minimum Gasteiger partial charge on any atom is -0.399 e. The van der Waals surface area contributed by atoms with Crippen LogP contribution >= 0.6 is 0 Å². The van der Waals surface area contributed by atoms with Crippen LogP contribution in [0.4, 0.5) is 5.69 Å². The summed E-state index contributed by atoms with van der Waals surface area (Å²) in [4.78, 5) is 2.41. The van der Waals surface area contributed by atoms with Crippen LogP contribution in [0, 0.1) is 0 Å². The van der Waals surface area contributed by atoms with E-state index in [1.165, 1.54) is 5.56 Å². The summed E-state index contributed by atoms with van der Waals surface area (Å²) in [5.74, 6) is 0. The summed E-state index contributed by atoms with van der Waals surface area (Å²) in [6.45, 7) is 6.63. The monoisotopic (exact) mass is 236 g/mol. The second-order valence-corrected chi connectivity index (χ2v) is 4.74. The molecule has 17 heavy (non-hydrogen) atoms. The largest absolute Gasteiger partial charge is 0.399 e. The molecule has 0 saturated heterocycles. The zero-order valence-electron chi connectivity index (χ0n) is 10.9. The third-order valence-corrected chi connectivity index (χ3v) is 2.92. The molecule has 0 aliphatic carbocycles. The molecule has 0 spiro atoms. The normalized spacial score (nSPS) is 11.4. The van der Waals surface area contributed by atoms with Crippen molar-refractivity contribution < 1.29 is 5.11 Å². The van der Waals surface area contributed by atoms with Gasteiger partial charge in [-0.1, -0.05) is 12.1 Å². The number of nitrogens with two attached hydrogens (primary N) is 1. The third-order valence-electron chi connectivity index (χ3n) is 2.92. The highest BCUT2D eigenvalue weighted by atomic mass is 16.2. The molecule has 1 rings (SSSR count). The second kappa shape index (κ2) is 7.30. The molecule has 0 atom stereocenters. The lowest BCUT2D eigenvalue weighted by Crippen LogP contribution is -2.31. The highest BCUT2D eigenvalue weighted by Gasteiger charge is 2.09. The second-order valence-electron chi connectivity index (χ2n) is 4.74. The number of rotatable bonds is 7. The molecule has 0 heterocycles. The maximum absolute atomic E-state index is 8.81. The first kappa shape index (κ1) is 14.0. The molecule has 0 aliphatic heterocycles. The van der Waals surface area contributed by atoms with E-state index >= 15 is 0 Å². The van der Waals surface area contributed by atoms with Crippen LogP contribution < -0.4 is 5.73 Å². The molecule has 0 bridgehead atoms. The number of hydrogen-bond donors (Lipinski definition) is 2. The summed E-state index contributed by atoms with van der Waals surface area (Å²) in [5, 5.41) is 8.81. The van der Waals surface area contributed by atoms with Crippen molar-refractivity contribution in [3.8, 4) is 0 Å². The minimum absolute atomic E-state index is 0.282. The number of aliphatic hydroxyl groups is 1. The van der Waals surface area contributed by atoms with Crippen molar-refractivity contribution in [1.82, 2.24) is 4.90 Å². The molecule has 3 N–H and O–H groups in total. The number of nitrogens with zero attached hydrogens (tertiary/aromatic N) is 1. The van der Waals surface area contributed by atoms with Gasteiger partial charge in [-0.3, -0.25) is 4.90 Å². The van der Waals surface area contributed by atoms with Crippen LogP contribution in [0.3, 0.4) is 0 Å². The van der Waals surface area contributed by atoms with Gasteiger partial charge in [0.15, 0.2) is 0 Å². The van der Waals surface area contributed by atoms with Crippen LogP contribution in [0.2, 0.25) is 0 Å². The van der Waals surface area contributed by atoms with Crippen LogP contribution in [0.5, 0.6) is 0 Å². The quantitative estimate of drug-likeness (QED) is 0.564. The summed E-state index contributed by atoms with van der Waals surface area (Å²) >= 11 is 0. The Kier molecular flexibility index (Phi) is 6.01. The molecule has 96 valence electrons. The van der Waals surface area contributed by atoms with Crippen molar-refractivity contribution in [2.75, 3.05) is 18.9 Å². The van der Waals surface area contributed by atoms with Gasteiger partial charge in [0.05, 0.1) is 0 Å². The molecule has 0 radical (unpaired) electrons. The molecule has 0 amide bonds. The fraction of sp³-hybridized carbons (Fsp3) is 0.571. The lowest BCUT2D eigenvalue weighted by Gasteiger charge is -2.26. The Labute approximate surface area is 104 Å². The van der Waals surface area contributed by atoms with E-state index in [9.17, 15) is 0 Å². The van der Waals surface area contributed by atoms with Crippen LogP contribution in [0.15, 0.2) is 24.3 Å². The van der Waals surface area contributed by atoms with Crippen LogP contribution in [0.25, 0.3) is 0 Å². The molecule has 0 unspecified atom stereocenters. The van der Waals surface area contributed by atoms with E-state index < -0.39 is 0 Å². The van der Waals surface area contributed by atoms with Gasteiger partial charge in [-0.2, -0.15) is 0 Å². The van der Waals surface area contributed by atoms with Crippen molar-refractivity contribution >= 4 is 5.69 Å². The third kappa shape index (κ3) is 5.20. The van der Waals surface area contributed by atoms with E-state index in [-0.39, 0.29) is 6.61 Å². The number of anilines is 1. The molecule has 1 aromatic carbocycles. The smallest absolute Gasteiger partial charge is 0.0431 e. The fourth-order valence-corrected chi connectivity index (χ4v) is 1.87. The lowest BCUT2D eigenvalue weighted by atomic mass is 10.1. The van der Waals surface area contributed by atoms with E-state index in [1.807, 2.05) is 18.2 Å². The predicted molar refractivity (Wildman–Crippen MR) is 72.7 cm³/mol. The molecule has 0 saturated carbocycles. The number of aliphatic hydroxyl groups excluding tert-OH is 1. The van der Waals surface area contributed by atoms with Gasteiger partial charge in [0.1, 0.15) is 0 Å². The number of nitrogen functional groups attached to an aromatic ring is 1. The van der Waals surface area contributed by atoms with E-state index in [1.54, 1.807) is 0 Å². The number of benzene rings is 1. The van der Waals surface area contributed by atoms with E-state index in [4.69, 9.17) is 10.8 Å². The maximum atomic E-state index is 8.81. The Morgan fingerprint density at radius 2 is 2.06 bits per heavy atom. The van der Waals surface area contributed by atoms with Gasteiger partial charge in [-0.25, -0.2) is 0 Å². The zero-order valence-corrected chi connectivity index (χ0v) is 10.9. The van der Waals surface area contributed by atoms with Crippen LogP contribution in [-0.4, -0.2) is 29.2 Å². The van der Waals surface area contributed by atoms with Crippen molar-refractivity contribution in [3.05, 3.63) is 29.8 Å². The average Bonchev–Trinajstić information content (AvgIpc) is 2.28. The molecule has 3 heteroatoms. The summed E-state index contributed by atoms with van der Waals surface area (Å²) in [5.41, 5.74) is 7.85. The van der Waals surface area contributed by atoms with Crippen LogP contribution in [0.1, 0.15) is 32.3 Å². The average molecular weight is 236 g/mol. The summed E-state index contributed by atoms with van der Waals surface area (Å²) in [6, 6.07) is 8.56. The number of hydrogen-bond acceptors (Lipinski definition) is 3. The van der Waals surface area contributed by atoms with Crippen molar-refractivity contribution in [2.45, 2.75) is 39.3 Å². The van der Waals surface area contributed by atoms with E-state index in [0.29, 0.717) is 6.04 Å². The lowest BCUT2D eigenvalue weighted by molar-refractivity contribution is 0.198. The molecule has 0 aromatic heterocycles. The first-order chi connectivity index (χ1) is 8.13. The first-order valence-corrected chi connectivity index (χ1v) is 6.33. The summed E-state index contributed by atoms with van der Waals surface area (Å²) in [7, 11) is 0.